The summed E-state index contributed by atoms with van der Waals surface area (Å²) in [5.74, 6) is -0.481. The molecule has 0 unspecified atom stereocenters. The average molecular weight is 360 g/mol. The Labute approximate surface area is 134 Å². The summed E-state index contributed by atoms with van der Waals surface area (Å²) in [5.41, 5.74) is -1.50. The summed E-state index contributed by atoms with van der Waals surface area (Å²) in [7, 11) is -4.31. The number of sulfonamides is 1. The van der Waals surface area contributed by atoms with Crippen molar-refractivity contribution in [1.82, 2.24) is 9.97 Å². The molecule has 2 aromatic heterocycles. The Bertz CT molecular complexity index is 898. The number of rotatable bonds is 3. The van der Waals surface area contributed by atoms with Gasteiger partial charge in [-0.2, -0.15) is 13.2 Å². The molecule has 0 bridgehead atoms. The monoisotopic (exact) mass is 360 g/mol. The highest BCUT2D eigenvalue weighted by Crippen LogP contribution is 2.33. The van der Waals surface area contributed by atoms with Crippen molar-refractivity contribution in [2.24, 2.45) is 5.14 Å². The first-order valence-electron chi connectivity index (χ1n) is 6.31. The largest absolute Gasteiger partial charge is 0.417 e. The Morgan fingerprint density at radius 1 is 1.21 bits per heavy atom. The molecule has 2 heterocycles. The van der Waals surface area contributed by atoms with Crippen LogP contribution in [-0.2, 0) is 21.0 Å². The first kappa shape index (κ1) is 17.8. The number of amides is 1. The fourth-order valence-corrected chi connectivity index (χ4v) is 2.61. The van der Waals surface area contributed by atoms with E-state index in [-0.39, 0.29) is 16.9 Å². The first-order valence-corrected chi connectivity index (χ1v) is 7.86. The van der Waals surface area contributed by atoms with E-state index in [4.69, 9.17) is 5.14 Å². The summed E-state index contributed by atoms with van der Waals surface area (Å²) in [6.45, 7) is 1.20. The molecule has 0 aromatic carbocycles. The van der Waals surface area contributed by atoms with E-state index >= 15 is 0 Å². The molecular weight excluding hydrogens is 349 g/mol. The van der Waals surface area contributed by atoms with Crippen LogP contribution in [-0.4, -0.2) is 24.3 Å². The third kappa shape index (κ3) is 4.06. The maximum absolute atomic E-state index is 12.8. The highest BCUT2D eigenvalue weighted by atomic mass is 32.2. The van der Waals surface area contributed by atoms with Gasteiger partial charge in [0.15, 0.2) is 0 Å². The second-order valence-corrected chi connectivity index (χ2v) is 6.29. The lowest BCUT2D eigenvalue weighted by molar-refractivity contribution is -0.137. The molecule has 0 aliphatic heterocycles. The quantitative estimate of drug-likeness (QED) is 0.866. The molecule has 11 heteroatoms. The Balaban J connectivity index is 2.64. The van der Waals surface area contributed by atoms with Crippen molar-refractivity contribution in [1.29, 1.82) is 0 Å². The topological polar surface area (TPSA) is 115 Å². The van der Waals surface area contributed by atoms with Crippen molar-refractivity contribution >= 4 is 21.6 Å². The second-order valence-electron chi connectivity index (χ2n) is 4.76. The molecule has 0 fully saturated rings. The number of pyridine rings is 2. The van der Waals surface area contributed by atoms with E-state index in [0.29, 0.717) is 12.3 Å². The minimum atomic E-state index is -4.65. The molecule has 128 valence electrons. The Kier molecular flexibility index (Phi) is 4.58. The van der Waals surface area contributed by atoms with Gasteiger partial charge in [-0.15, -0.1) is 0 Å². The van der Waals surface area contributed by atoms with Gasteiger partial charge in [0.05, 0.1) is 23.1 Å². The van der Waals surface area contributed by atoms with Gasteiger partial charge in [-0.3, -0.25) is 14.8 Å². The van der Waals surface area contributed by atoms with Crippen molar-refractivity contribution in [3.05, 3.63) is 36.3 Å². The number of nitrogens with two attached hydrogens (primary N) is 1. The lowest BCUT2D eigenvalue weighted by atomic mass is 10.1. The fourth-order valence-electron chi connectivity index (χ4n) is 1.87. The predicted octanol–water partition coefficient (Wildman–Crippen LogP) is 1.77. The van der Waals surface area contributed by atoms with Crippen LogP contribution < -0.4 is 10.5 Å². The van der Waals surface area contributed by atoms with Gasteiger partial charge in [-0.25, -0.2) is 13.6 Å². The maximum atomic E-state index is 12.8. The minimum absolute atomic E-state index is 0.0372. The molecular formula is C13H11F3N4O3S. The molecule has 7 nitrogen and oxygen atoms in total. The van der Waals surface area contributed by atoms with Gasteiger partial charge in [0.1, 0.15) is 4.90 Å². The van der Waals surface area contributed by atoms with Gasteiger partial charge < -0.3 is 5.32 Å². The van der Waals surface area contributed by atoms with E-state index in [1.807, 2.05) is 0 Å². The van der Waals surface area contributed by atoms with Crippen molar-refractivity contribution in [2.75, 3.05) is 5.32 Å². The SMILES string of the molecule is CC(=O)Nc1cnc(-c2cncc(C(F)(F)F)c2)c(S(N)(=O)=O)c1. The van der Waals surface area contributed by atoms with Crippen molar-refractivity contribution in [3.63, 3.8) is 0 Å². The highest BCUT2D eigenvalue weighted by molar-refractivity contribution is 7.89. The van der Waals surface area contributed by atoms with Crippen LogP contribution in [0.25, 0.3) is 11.3 Å². The van der Waals surface area contributed by atoms with Crippen LogP contribution >= 0.6 is 0 Å². The summed E-state index contributed by atoms with van der Waals surface area (Å²) in [6, 6.07) is 1.72. The third-order valence-electron chi connectivity index (χ3n) is 2.82. The van der Waals surface area contributed by atoms with E-state index in [1.165, 1.54) is 6.92 Å². The smallest absolute Gasteiger partial charge is 0.325 e. The summed E-state index contributed by atoms with van der Waals surface area (Å²) in [6.07, 6.45) is -1.91. The van der Waals surface area contributed by atoms with Crippen LogP contribution in [0.4, 0.5) is 18.9 Å². The molecule has 0 saturated carbocycles. The molecule has 3 N–H and O–H groups in total. The van der Waals surface area contributed by atoms with E-state index in [0.717, 1.165) is 18.5 Å². The zero-order chi connectivity index (χ0) is 18.1. The van der Waals surface area contributed by atoms with Gasteiger partial charge in [0.25, 0.3) is 0 Å². The zero-order valence-corrected chi connectivity index (χ0v) is 12.9. The van der Waals surface area contributed by atoms with Crippen LogP contribution in [0.15, 0.2) is 35.6 Å². The Morgan fingerprint density at radius 3 is 2.42 bits per heavy atom. The van der Waals surface area contributed by atoms with Gasteiger partial charge in [-0.05, 0) is 12.1 Å². The number of primary sulfonamides is 1. The standard InChI is InChI=1S/C13H11F3N4O3S/c1-7(21)20-10-3-11(24(17,22)23)12(19-6-10)8-2-9(5-18-4-8)13(14,15)16/h2-6H,1H3,(H,20,21)(H2,17,22,23). The van der Waals surface area contributed by atoms with Crippen LogP contribution in [0, 0.1) is 0 Å². The van der Waals surface area contributed by atoms with E-state index in [9.17, 15) is 26.4 Å². The molecule has 2 rings (SSSR count). The number of aromatic nitrogens is 2. The molecule has 24 heavy (non-hydrogen) atoms. The van der Waals surface area contributed by atoms with Crippen molar-refractivity contribution < 1.29 is 26.4 Å². The molecule has 0 spiro atoms. The van der Waals surface area contributed by atoms with E-state index in [1.54, 1.807) is 0 Å². The summed E-state index contributed by atoms with van der Waals surface area (Å²) >= 11 is 0. The minimum Gasteiger partial charge on any atom is -0.325 e. The lowest BCUT2D eigenvalue weighted by Crippen LogP contribution is -2.16. The first-order chi connectivity index (χ1) is 11.0. The Morgan fingerprint density at radius 2 is 1.88 bits per heavy atom. The van der Waals surface area contributed by atoms with Gasteiger partial charge in [0, 0.05) is 24.9 Å². The van der Waals surface area contributed by atoms with Crippen LogP contribution in [0.2, 0.25) is 0 Å². The zero-order valence-electron chi connectivity index (χ0n) is 12.1. The molecule has 0 aliphatic carbocycles. The van der Waals surface area contributed by atoms with Crippen LogP contribution in [0.5, 0.6) is 0 Å². The van der Waals surface area contributed by atoms with E-state index < -0.39 is 32.6 Å². The lowest BCUT2D eigenvalue weighted by Gasteiger charge is -2.11. The fraction of sp³-hybridized carbons (Fsp3) is 0.154. The number of nitrogens with one attached hydrogen (secondary N) is 1. The van der Waals surface area contributed by atoms with Crippen LogP contribution in [0.3, 0.4) is 0 Å². The number of nitrogens with zero attached hydrogens (tertiary/aromatic N) is 2. The molecule has 0 radical (unpaired) electrons. The maximum Gasteiger partial charge on any atom is 0.417 e. The van der Waals surface area contributed by atoms with Gasteiger partial charge in [0.2, 0.25) is 15.9 Å². The Hall–Kier alpha value is -2.53. The molecule has 2 aromatic rings. The van der Waals surface area contributed by atoms with Crippen LogP contribution in [0.1, 0.15) is 12.5 Å². The molecule has 0 atom stereocenters. The summed E-state index contributed by atoms with van der Waals surface area (Å²) in [4.78, 5) is 17.8. The number of hydrogen-bond acceptors (Lipinski definition) is 5. The van der Waals surface area contributed by atoms with Crippen molar-refractivity contribution in [3.8, 4) is 11.3 Å². The number of carbonyl (C=O) groups excluding carboxylic acids is 1. The average Bonchev–Trinajstić information content (AvgIpc) is 2.45. The summed E-state index contributed by atoms with van der Waals surface area (Å²) in [5, 5.41) is 7.41. The number of anilines is 1. The van der Waals surface area contributed by atoms with E-state index in [2.05, 4.69) is 15.3 Å². The number of alkyl halides is 3. The van der Waals surface area contributed by atoms with Crippen molar-refractivity contribution in [2.45, 2.75) is 18.0 Å². The summed E-state index contributed by atoms with van der Waals surface area (Å²) < 4.78 is 61.8. The number of carbonyl (C=O) groups is 1. The third-order valence-corrected chi connectivity index (χ3v) is 3.74. The molecule has 1 amide bonds. The molecule has 0 saturated heterocycles. The second kappa shape index (κ2) is 6.17. The number of halogens is 3. The predicted molar refractivity (Wildman–Crippen MR) is 78.1 cm³/mol. The van der Waals surface area contributed by atoms with Gasteiger partial charge in [-0.1, -0.05) is 0 Å². The van der Waals surface area contributed by atoms with Gasteiger partial charge >= 0.3 is 6.18 Å². The highest BCUT2D eigenvalue weighted by Gasteiger charge is 2.31. The molecule has 0 aliphatic rings. The normalized spacial score (nSPS) is 12.0. The number of hydrogen-bond donors (Lipinski definition) is 2.